The number of carbonyl (C=O) groups excluding carboxylic acids is 1. The second-order valence-corrected chi connectivity index (χ2v) is 8.03. The maximum absolute atomic E-state index is 13.4. The van der Waals surface area contributed by atoms with E-state index in [9.17, 15) is 4.79 Å². The number of fused-ring (bicyclic) bond motifs is 2. The number of ether oxygens (including phenoxy) is 1. The topological polar surface area (TPSA) is 67.4 Å². The molecule has 0 aliphatic carbocycles. The minimum atomic E-state index is -0.458. The number of benzene rings is 2. The molecule has 2 aromatic carbocycles. The number of hydrogen-bond acceptors (Lipinski definition) is 5. The summed E-state index contributed by atoms with van der Waals surface area (Å²) in [6.07, 6.45) is 3.83. The lowest BCUT2D eigenvalue weighted by atomic mass is 9.87. The van der Waals surface area contributed by atoms with Gasteiger partial charge in [0.1, 0.15) is 29.5 Å². The van der Waals surface area contributed by atoms with E-state index in [0.29, 0.717) is 17.3 Å². The molecule has 0 radical (unpaired) electrons. The number of rotatable bonds is 3. The van der Waals surface area contributed by atoms with Crippen molar-refractivity contribution in [1.29, 1.82) is 0 Å². The SMILES string of the molecule is CC1CCN(c2cc(NC(=O)C3c4ccccc4Oc4ccccc43)ncn2)CC1. The van der Waals surface area contributed by atoms with Crippen molar-refractivity contribution in [2.75, 3.05) is 23.3 Å². The van der Waals surface area contributed by atoms with Crippen LogP contribution >= 0.6 is 0 Å². The normalized spacial score (nSPS) is 16.4. The third-order valence-electron chi connectivity index (χ3n) is 5.95. The van der Waals surface area contributed by atoms with E-state index >= 15 is 0 Å². The van der Waals surface area contributed by atoms with Gasteiger partial charge >= 0.3 is 0 Å². The fourth-order valence-corrected chi connectivity index (χ4v) is 4.22. The van der Waals surface area contributed by atoms with Gasteiger partial charge in [0.25, 0.3) is 0 Å². The van der Waals surface area contributed by atoms with Gasteiger partial charge in [-0.2, -0.15) is 0 Å². The Labute approximate surface area is 175 Å². The predicted octanol–water partition coefficient (Wildman–Crippen LogP) is 4.59. The Morgan fingerprint density at radius 3 is 2.30 bits per heavy atom. The summed E-state index contributed by atoms with van der Waals surface area (Å²) in [5, 5.41) is 3.01. The lowest BCUT2D eigenvalue weighted by molar-refractivity contribution is -0.116. The maximum atomic E-state index is 13.4. The first-order valence-corrected chi connectivity index (χ1v) is 10.4. The van der Waals surface area contributed by atoms with Crippen molar-refractivity contribution in [3.63, 3.8) is 0 Å². The van der Waals surface area contributed by atoms with Gasteiger partial charge in [-0.1, -0.05) is 43.3 Å². The van der Waals surface area contributed by atoms with Gasteiger partial charge in [0.2, 0.25) is 5.91 Å². The van der Waals surface area contributed by atoms with Crippen LogP contribution < -0.4 is 15.0 Å². The van der Waals surface area contributed by atoms with Gasteiger partial charge < -0.3 is 15.0 Å². The molecule has 5 rings (SSSR count). The number of carbonyl (C=O) groups is 1. The lowest BCUT2D eigenvalue weighted by Crippen LogP contribution is -2.33. The summed E-state index contributed by atoms with van der Waals surface area (Å²) >= 11 is 0. The zero-order chi connectivity index (χ0) is 20.5. The number of amides is 1. The number of nitrogens with one attached hydrogen (secondary N) is 1. The summed E-state index contributed by atoms with van der Waals surface area (Å²) in [5.41, 5.74) is 1.71. The molecule has 1 N–H and O–H groups in total. The third-order valence-corrected chi connectivity index (χ3v) is 5.95. The van der Waals surface area contributed by atoms with Crippen LogP contribution in [-0.4, -0.2) is 29.0 Å². The summed E-state index contributed by atoms with van der Waals surface area (Å²) in [6, 6.07) is 17.2. The summed E-state index contributed by atoms with van der Waals surface area (Å²) in [6.45, 7) is 4.24. The zero-order valence-corrected chi connectivity index (χ0v) is 16.9. The monoisotopic (exact) mass is 400 g/mol. The Morgan fingerprint density at radius 1 is 1.00 bits per heavy atom. The molecule has 1 saturated heterocycles. The lowest BCUT2D eigenvalue weighted by Gasteiger charge is -2.31. The second kappa shape index (κ2) is 7.78. The molecule has 0 saturated carbocycles. The van der Waals surface area contributed by atoms with E-state index in [1.54, 1.807) is 0 Å². The molecule has 1 fully saturated rings. The van der Waals surface area contributed by atoms with Crippen molar-refractivity contribution in [3.05, 3.63) is 72.1 Å². The second-order valence-electron chi connectivity index (χ2n) is 8.03. The highest BCUT2D eigenvalue weighted by molar-refractivity contribution is 5.99. The van der Waals surface area contributed by atoms with E-state index in [0.717, 1.165) is 48.8 Å². The molecule has 2 aliphatic rings. The van der Waals surface area contributed by atoms with Gasteiger partial charge in [-0.15, -0.1) is 0 Å². The highest BCUT2D eigenvalue weighted by Crippen LogP contribution is 2.44. The van der Waals surface area contributed by atoms with E-state index in [4.69, 9.17) is 4.74 Å². The highest BCUT2D eigenvalue weighted by Gasteiger charge is 2.32. The van der Waals surface area contributed by atoms with E-state index in [1.165, 1.54) is 6.33 Å². The molecule has 0 spiro atoms. The molecule has 1 amide bonds. The van der Waals surface area contributed by atoms with Crippen molar-refractivity contribution in [2.24, 2.45) is 5.92 Å². The minimum Gasteiger partial charge on any atom is -0.457 e. The van der Waals surface area contributed by atoms with E-state index in [1.807, 2.05) is 54.6 Å². The summed E-state index contributed by atoms with van der Waals surface area (Å²) in [4.78, 5) is 24.4. The molecular weight excluding hydrogens is 376 g/mol. The van der Waals surface area contributed by atoms with Crippen molar-refractivity contribution < 1.29 is 9.53 Å². The van der Waals surface area contributed by atoms with Crippen LogP contribution in [0, 0.1) is 5.92 Å². The Balaban J connectivity index is 1.42. The number of para-hydroxylation sites is 2. The van der Waals surface area contributed by atoms with Crippen molar-refractivity contribution >= 4 is 17.5 Å². The minimum absolute atomic E-state index is 0.130. The first kappa shape index (κ1) is 18.6. The average Bonchev–Trinajstić information content (AvgIpc) is 2.78. The molecule has 152 valence electrons. The molecule has 30 heavy (non-hydrogen) atoms. The van der Waals surface area contributed by atoms with Crippen LogP contribution in [0.2, 0.25) is 0 Å². The van der Waals surface area contributed by atoms with E-state index in [-0.39, 0.29) is 5.91 Å². The third kappa shape index (κ3) is 3.49. The molecule has 6 nitrogen and oxygen atoms in total. The van der Waals surface area contributed by atoms with Crippen LogP contribution in [0.25, 0.3) is 0 Å². The average molecular weight is 400 g/mol. The van der Waals surface area contributed by atoms with Crippen LogP contribution in [0.3, 0.4) is 0 Å². The van der Waals surface area contributed by atoms with Gasteiger partial charge in [0.15, 0.2) is 0 Å². The molecule has 0 atom stereocenters. The standard InChI is InChI=1S/C24H24N4O2/c1-16-10-12-28(13-11-16)22-14-21(25-15-26-22)27-24(29)23-17-6-2-4-8-19(17)30-20-9-5-3-7-18(20)23/h2-9,14-16,23H,10-13H2,1H3,(H,25,26,27,29). The fraction of sp³-hybridized carbons (Fsp3) is 0.292. The quantitative estimate of drug-likeness (QED) is 0.697. The van der Waals surface area contributed by atoms with Gasteiger partial charge in [-0.3, -0.25) is 4.79 Å². The smallest absolute Gasteiger partial charge is 0.237 e. The van der Waals surface area contributed by atoms with Crippen LogP contribution in [0.5, 0.6) is 11.5 Å². The first-order valence-electron chi connectivity index (χ1n) is 10.4. The summed E-state index contributed by atoms with van der Waals surface area (Å²) in [7, 11) is 0. The zero-order valence-electron chi connectivity index (χ0n) is 16.9. The molecule has 2 aliphatic heterocycles. The molecule has 1 aromatic heterocycles. The summed E-state index contributed by atoms with van der Waals surface area (Å²) in [5.74, 6) is 2.96. The maximum Gasteiger partial charge on any atom is 0.237 e. The molecular formula is C24H24N4O2. The van der Waals surface area contributed by atoms with Crippen LogP contribution in [0.15, 0.2) is 60.9 Å². The Hall–Kier alpha value is -3.41. The Kier molecular flexibility index (Phi) is 4.83. The van der Waals surface area contributed by atoms with E-state index < -0.39 is 5.92 Å². The Morgan fingerprint density at radius 2 is 1.63 bits per heavy atom. The molecule has 0 bridgehead atoms. The number of hydrogen-bond donors (Lipinski definition) is 1. The van der Waals surface area contributed by atoms with Gasteiger partial charge in [-0.05, 0) is 30.9 Å². The van der Waals surface area contributed by atoms with Crippen LogP contribution in [0.1, 0.15) is 36.8 Å². The Bertz CT molecular complexity index is 1030. The van der Waals surface area contributed by atoms with Gasteiger partial charge in [-0.25, -0.2) is 9.97 Å². The van der Waals surface area contributed by atoms with Crippen LogP contribution in [0.4, 0.5) is 11.6 Å². The van der Waals surface area contributed by atoms with Crippen LogP contribution in [-0.2, 0) is 4.79 Å². The predicted molar refractivity (Wildman–Crippen MR) is 116 cm³/mol. The number of aromatic nitrogens is 2. The molecule has 6 heteroatoms. The fourth-order valence-electron chi connectivity index (χ4n) is 4.22. The number of anilines is 2. The first-order chi connectivity index (χ1) is 14.7. The molecule has 3 aromatic rings. The molecule has 3 heterocycles. The van der Waals surface area contributed by atoms with E-state index in [2.05, 4.69) is 27.1 Å². The summed E-state index contributed by atoms with van der Waals surface area (Å²) < 4.78 is 6.00. The largest absolute Gasteiger partial charge is 0.457 e. The number of piperidine rings is 1. The molecule has 0 unspecified atom stereocenters. The number of nitrogens with zero attached hydrogens (tertiary/aromatic N) is 3. The van der Waals surface area contributed by atoms with Crippen molar-refractivity contribution in [1.82, 2.24) is 9.97 Å². The van der Waals surface area contributed by atoms with Crippen molar-refractivity contribution in [2.45, 2.75) is 25.7 Å². The van der Waals surface area contributed by atoms with Gasteiger partial charge in [0.05, 0.1) is 5.92 Å². The van der Waals surface area contributed by atoms with Crippen molar-refractivity contribution in [3.8, 4) is 11.5 Å². The van der Waals surface area contributed by atoms with Gasteiger partial charge in [0, 0.05) is 30.3 Å². The highest BCUT2D eigenvalue weighted by atomic mass is 16.5.